The molecule has 0 saturated carbocycles. The Labute approximate surface area is 170 Å². The van der Waals surface area contributed by atoms with E-state index >= 15 is 0 Å². The van der Waals surface area contributed by atoms with Crippen molar-refractivity contribution in [1.82, 2.24) is 28.9 Å². The summed E-state index contributed by atoms with van der Waals surface area (Å²) in [6.07, 6.45) is 5.32. The summed E-state index contributed by atoms with van der Waals surface area (Å²) in [4.78, 5) is 29.2. The normalized spacial score (nSPS) is 11.6. The van der Waals surface area contributed by atoms with Crippen molar-refractivity contribution in [3.63, 3.8) is 0 Å². The van der Waals surface area contributed by atoms with Crippen LogP contribution in [0.15, 0.2) is 84.0 Å². The van der Waals surface area contributed by atoms with Gasteiger partial charge in [0.1, 0.15) is 16.9 Å². The lowest BCUT2D eigenvalue weighted by molar-refractivity contribution is 0.782. The number of aromatic nitrogens is 6. The standard InChI is InChI=1S/C23H16N6O/c30-23-26-18-12-25-21(19-13-24-20-10-3-4-11-28(19)20)27-22(18)29(23)14-16-8-5-7-15-6-1-2-9-17(15)16/h1-13H,14H2,(H,26,30). The minimum Gasteiger partial charge on any atom is -0.303 e. The topological polar surface area (TPSA) is 80.9 Å². The SMILES string of the molecule is O=c1[nH]c2cnc(-c3cnc4ccccn34)nc2n1Cc1cccc2ccccc12. The maximum Gasteiger partial charge on any atom is 0.328 e. The van der Waals surface area contributed by atoms with Crippen LogP contribution in [-0.4, -0.2) is 28.9 Å². The Balaban J connectivity index is 1.52. The molecule has 0 radical (unpaired) electrons. The van der Waals surface area contributed by atoms with Gasteiger partial charge in [-0.3, -0.25) is 8.97 Å². The molecule has 0 aliphatic carbocycles. The van der Waals surface area contributed by atoms with E-state index in [9.17, 15) is 4.79 Å². The van der Waals surface area contributed by atoms with Crippen molar-refractivity contribution in [2.45, 2.75) is 6.54 Å². The maximum atomic E-state index is 12.7. The Morgan fingerprint density at radius 2 is 1.77 bits per heavy atom. The second-order valence-electron chi connectivity index (χ2n) is 7.16. The van der Waals surface area contributed by atoms with Crippen LogP contribution in [-0.2, 0) is 6.54 Å². The van der Waals surface area contributed by atoms with E-state index in [2.05, 4.69) is 33.2 Å². The molecule has 0 spiro atoms. The van der Waals surface area contributed by atoms with Crippen LogP contribution in [0.2, 0.25) is 0 Å². The zero-order chi connectivity index (χ0) is 20.1. The first kappa shape index (κ1) is 16.7. The highest BCUT2D eigenvalue weighted by Gasteiger charge is 2.14. The zero-order valence-electron chi connectivity index (χ0n) is 15.9. The van der Waals surface area contributed by atoms with Crippen molar-refractivity contribution >= 4 is 27.6 Å². The minimum atomic E-state index is -0.206. The van der Waals surface area contributed by atoms with Crippen LogP contribution in [0.5, 0.6) is 0 Å². The summed E-state index contributed by atoms with van der Waals surface area (Å²) in [6, 6.07) is 20.1. The van der Waals surface area contributed by atoms with Gasteiger partial charge in [0.05, 0.1) is 18.9 Å². The number of aromatic amines is 1. The van der Waals surface area contributed by atoms with Crippen LogP contribution in [0.3, 0.4) is 0 Å². The van der Waals surface area contributed by atoms with Crippen molar-refractivity contribution in [2.24, 2.45) is 0 Å². The number of nitrogens with zero attached hydrogens (tertiary/aromatic N) is 5. The van der Waals surface area contributed by atoms with Crippen LogP contribution >= 0.6 is 0 Å². The monoisotopic (exact) mass is 392 g/mol. The van der Waals surface area contributed by atoms with Crippen LogP contribution in [0.25, 0.3) is 39.1 Å². The molecule has 7 heteroatoms. The van der Waals surface area contributed by atoms with Gasteiger partial charge in [-0.25, -0.2) is 19.7 Å². The summed E-state index contributed by atoms with van der Waals surface area (Å²) >= 11 is 0. The molecule has 0 aliphatic heterocycles. The van der Waals surface area contributed by atoms with Gasteiger partial charge >= 0.3 is 5.69 Å². The van der Waals surface area contributed by atoms with Crippen molar-refractivity contribution in [2.75, 3.05) is 0 Å². The summed E-state index contributed by atoms with van der Waals surface area (Å²) in [5, 5.41) is 2.27. The molecule has 0 atom stereocenters. The van der Waals surface area contributed by atoms with Crippen molar-refractivity contribution < 1.29 is 0 Å². The largest absolute Gasteiger partial charge is 0.328 e. The van der Waals surface area contributed by atoms with Crippen LogP contribution < -0.4 is 5.69 Å². The molecule has 0 bridgehead atoms. The fraction of sp³-hybridized carbons (Fsp3) is 0.0435. The van der Waals surface area contributed by atoms with Crippen molar-refractivity contribution in [3.8, 4) is 11.5 Å². The fourth-order valence-corrected chi connectivity index (χ4v) is 3.91. The minimum absolute atomic E-state index is 0.206. The molecule has 6 aromatic rings. The highest BCUT2D eigenvalue weighted by atomic mass is 16.1. The Morgan fingerprint density at radius 1 is 0.900 bits per heavy atom. The number of pyridine rings is 1. The number of nitrogens with one attached hydrogen (secondary N) is 1. The lowest BCUT2D eigenvalue weighted by Crippen LogP contribution is -2.18. The molecule has 0 saturated heterocycles. The van der Waals surface area contributed by atoms with Gasteiger partial charge in [-0.1, -0.05) is 48.5 Å². The van der Waals surface area contributed by atoms with E-state index in [-0.39, 0.29) is 5.69 Å². The van der Waals surface area contributed by atoms with Gasteiger partial charge in [-0.15, -0.1) is 0 Å². The lowest BCUT2D eigenvalue weighted by atomic mass is 10.0. The van der Waals surface area contributed by atoms with Crippen molar-refractivity contribution in [3.05, 3.63) is 95.3 Å². The second-order valence-corrected chi connectivity index (χ2v) is 7.16. The van der Waals surface area contributed by atoms with Gasteiger partial charge < -0.3 is 4.98 Å². The van der Waals surface area contributed by atoms with E-state index in [0.717, 1.165) is 27.7 Å². The number of rotatable bonds is 3. The summed E-state index contributed by atoms with van der Waals surface area (Å²) < 4.78 is 3.59. The van der Waals surface area contributed by atoms with Gasteiger partial charge in [-0.2, -0.15) is 0 Å². The van der Waals surface area contributed by atoms with Gasteiger partial charge in [0, 0.05) is 6.20 Å². The Morgan fingerprint density at radius 3 is 2.73 bits per heavy atom. The average Bonchev–Trinajstić information content (AvgIpc) is 3.35. The maximum absolute atomic E-state index is 12.7. The lowest BCUT2D eigenvalue weighted by Gasteiger charge is -2.08. The zero-order valence-corrected chi connectivity index (χ0v) is 15.9. The third kappa shape index (κ3) is 2.52. The van der Waals surface area contributed by atoms with Crippen molar-refractivity contribution in [1.29, 1.82) is 0 Å². The first-order chi connectivity index (χ1) is 14.8. The highest BCUT2D eigenvalue weighted by molar-refractivity contribution is 5.85. The molecule has 7 nitrogen and oxygen atoms in total. The summed E-state index contributed by atoms with van der Waals surface area (Å²) in [5.74, 6) is 0.520. The third-order valence-electron chi connectivity index (χ3n) is 5.37. The van der Waals surface area contributed by atoms with Gasteiger partial charge in [-0.05, 0) is 28.5 Å². The van der Waals surface area contributed by atoms with E-state index in [1.54, 1.807) is 17.0 Å². The molecule has 0 aliphatic rings. The smallest absolute Gasteiger partial charge is 0.303 e. The molecule has 2 aromatic carbocycles. The Kier molecular flexibility index (Phi) is 3.55. The van der Waals surface area contributed by atoms with E-state index in [0.29, 0.717) is 23.5 Å². The fourth-order valence-electron chi connectivity index (χ4n) is 3.91. The van der Waals surface area contributed by atoms with E-state index in [1.165, 1.54) is 0 Å². The first-order valence-electron chi connectivity index (χ1n) is 9.62. The van der Waals surface area contributed by atoms with Crippen LogP contribution in [0.4, 0.5) is 0 Å². The Hall–Kier alpha value is -4.26. The predicted molar refractivity (Wildman–Crippen MR) is 115 cm³/mol. The van der Waals surface area contributed by atoms with E-state index in [1.807, 2.05) is 53.1 Å². The number of benzene rings is 2. The molecule has 0 unspecified atom stereocenters. The molecular weight excluding hydrogens is 376 g/mol. The number of imidazole rings is 2. The number of H-pyrrole nitrogens is 1. The number of hydrogen-bond donors (Lipinski definition) is 1. The van der Waals surface area contributed by atoms with Gasteiger partial charge in [0.15, 0.2) is 11.5 Å². The molecule has 1 N–H and O–H groups in total. The molecule has 144 valence electrons. The summed E-state index contributed by atoms with van der Waals surface area (Å²) in [6.45, 7) is 0.420. The van der Waals surface area contributed by atoms with E-state index < -0.39 is 0 Å². The molecular formula is C23H16N6O. The van der Waals surface area contributed by atoms with E-state index in [4.69, 9.17) is 4.98 Å². The predicted octanol–water partition coefficient (Wildman–Crippen LogP) is 3.64. The summed E-state index contributed by atoms with van der Waals surface area (Å²) in [7, 11) is 0. The number of fused-ring (bicyclic) bond motifs is 3. The quantitative estimate of drug-likeness (QED) is 0.499. The molecule has 0 fully saturated rings. The first-order valence-corrected chi connectivity index (χ1v) is 9.62. The average molecular weight is 392 g/mol. The second kappa shape index (κ2) is 6.38. The van der Waals surface area contributed by atoms with Crippen LogP contribution in [0, 0.1) is 0 Å². The third-order valence-corrected chi connectivity index (χ3v) is 5.37. The highest BCUT2D eigenvalue weighted by Crippen LogP contribution is 2.22. The van der Waals surface area contributed by atoms with Crippen LogP contribution in [0.1, 0.15) is 5.56 Å². The Bertz CT molecular complexity index is 1600. The number of hydrogen-bond acceptors (Lipinski definition) is 4. The molecule has 4 heterocycles. The molecule has 6 rings (SSSR count). The van der Waals surface area contributed by atoms with Gasteiger partial charge in [0.2, 0.25) is 0 Å². The van der Waals surface area contributed by atoms with Gasteiger partial charge in [0.25, 0.3) is 0 Å². The molecule has 0 amide bonds. The summed E-state index contributed by atoms with van der Waals surface area (Å²) in [5.41, 5.74) is 3.63. The molecule has 4 aromatic heterocycles. The molecule has 30 heavy (non-hydrogen) atoms.